The van der Waals surface area contributed by atoms with E-state index in [1.54, 1.807) is 55.8 Å². The largest absolute Gasteiger partial charge is 0.493 e. The molecule has 2 aromatic heterocycles. The molecule has 40 heavy (non-hydrogen) atoms. The van der Waals surface area contributed by atoms with Crippen molar-refractivity contribution >= 4 is 62.3 Å². The van der Waals surface area contributed by atoms with Crippen molar-refractivity contribution in [3.05, 3.63) is 121 Å². The van der Waals surface area contributed by atoms with E-state index in [9.17, 15) is 4.79 Å². The van der Waals surface area contributed by atoms with Crippen LogP contribution in [0.2, 0.25) is 5.02 Å². The molecule has 0 aliphatic carbocycles. The normalized spacial score (nSPS) is 11.5. The minimum absolute atomic E-state index is 0.275. The van der Waals surface area contributed by atoms with Crippen molar-refractivity contribution in [2.24, 2.45) is 5.10 Å². The molecule has 0 bridgehead atoms. The Bertz CT molecular complexity index is 1950. The zero-order valence-electron chi connectivity index (χ0n) is 21.2. The van der Waals surface area contributed by atoms with Gasteiger partial charge in [0, 0.05) is 10.4 Å². The number of nitrogens with zero attached hydrogens (tertiary/aromatic N) is 3. The number of benzene rings is 4. The lowest BCUT2D eigenvalue weighted by molar-refractivity contribution is 0.282. The van der Waals surface area contributed by atoms with Crippen molar-refractivity contribution in [2.75, 3.05) is 7.11 Å². The summed E-state index contributed by atoms with van der Waals surface area (Å²) >= 11 is 8.37. The molecule has 9 heteroatoms. The van der Waals surface area contributed by atoms with Gasteiger partial charge in [0.1, 0.15) is 12.2 Å². The van der Waals surface area contributed by atoms with Crippen LogP contribution >= 0.6 is 34.2 Å². The van der Waals surface area contributed by atoms with Gasteiger partial charge in [-0.3, -0.25) is 4.79 Å². The highest BCUT2D eigenvalue weighted by atomic mass is 127. The fraction of sp³-hybridized carbons (Fsp3) is 0.0645. The number of furan rings is 1. The molecule has 0 aliphatic heterocycles. The van der Waals surface area contributed by atoms with E-state index in [0.717, 1.165) is 20.1 Å². The maximum Gasteiger partial charge on any atom is 0.282 e. The summed E-state index contributed by atoms with van der Waals surface area (Å²) in [5.41, 5.74) is 2.62. The van der Waals surface area contributed by atoms with Crippen LogP contribution in [0.5, 0.6) is 11.5 Å². The molecule has 4 aromatic carbocycles. The number of methoxy groups -OCH3 is 1. The van der Waals surface area contributed by atoms with Gasteiger partial charge in [-0.15, -0.1) is 0 Å². The summed E-state index contributed by atoms with van der Waals surface area (Å²) in [5.74, 6) is 1.86. The second kappa shape index (κ2) is 11.1. The maximum atomic E-state index is 13.6. The van der Waals surface area contributed by atoms with Crippen molar-refractivity contribution in [1.82, 2.24) is 9.66 Å². The molecule has 0 atom stereocenters. The standard InChI is InChI=1S/C31H21ClIN3O4/c1-38-27-14-20(13-24(33)29(27)39-18-19-7-3-2-4-8-19)17-34-36-30(35-25-10-6-5-9-23(25)31(36)37)28-16-21-15-22(32)11-12-26(21)40-28/h2-17H,18H2,1H3. The van der Waals surface area contributed by atoms with Gasteiger partial charge in [-0.2, -0.15) is 9.78 Å². The molecule has 6 rings (SSSR count). The zero-order valence-corrected chi connectivity index (χ0v) is 24.1. The molecule has 0 fully saturated rings. The van der Waals surface area contributed by atoms with E-state index in [-0.39, 0.29) is 11.4 Å². The third-order valence-electron chi connectivity index (χ3n) is 6.25. The molecular weight excluding hydrogens is 641 g/mol. The van der Waals surface area contributed by atoms with Gasteiger partial charge in [0.25, 0.3) is 5.56 Å². The molecule has 0 saturated heterocycles. The van der Waals surface area contributed by atoms with Crippen LogP contribution < -0.4 is 15.0 Å². The number of hydrogen-bond acceptors (Lipinski definition) is 6. The van der Waals surface area contributed by atoms with Crippen LogP contribution in [0.25, 0.3) is 33.5 Å². The molecular formula is C31H21ClIN3O4. The van der Waals surface area contributed by atoms with E-state index >= 15 is 0 Å². The van der Waals surface area contributed by atoms with Crippen LogP contribution in [0, 0.1) is 3.57 Å². The predicted octanol–water partition coefficient (Wildman–Crippen LogP) is 7.54. The number of fused-ring (bicyclic) bond motifs is 2. The Morgan fingerprint density at radius 1 is 1.02 bits per heavy atom. The van der Waals surface area contributed by atoms with E-state index in [1.807, 2.05) is 48.5 Å². The van der Waals surface area contributed by atoms with Gasteiger partial charge in [-0.05, 0) is 82.2 Å². The molecule has 198 valence electrons. The van der Waals surface area contributed by atoms with Gasteiger partial charge in [0.2, 0.25) is 5.82 Å². The highest BCUT2D eigenvalue weighted by Crippen LogP contribution is 2.34. The van der Waals surface area contributed by atoms with E-state index in [2.05, 4.69) is 27.7 Å². The van der Waals surface area contributed by atoms with E-state index in [1.165, 1.54) is 4.68 Å². The van der Waals surface area contributed by atoms with Gasteiger partial charge in [0.15, 0.2) is 17.3 Å². The predicted molar refractivity (Wildman–Crippen MR) is 166 cm³/mol. The quantitative estimate of drug-likeness (QED) is 0.131. The van der Waals surface area contributed by atoms with Crippen molar-refractivity contribution in [2.45, 2.75) is 6.61 Å². The summed E-state index contributed by atoms with van der Waals surface area (Å²) in [6.45, 7) is 0.408. The molecule has 0 saturated carbocycles. The minimum atomic E-state index is -0.320. The Morgan fingerprint density at radius 2 is 1.82 bits per heavy atom. The summed E-state index contributed by atoms with van der Waals surface area (Å²) in [4.78, 5) is 18.3. The second-order valence-corrected chi connectivity index (χ2v) is 10.5. The number of para-hydroxylation sites is 1. The molecule has 7 nitrogen and oxygen atoms in total. The molecule has 0 aliphatic rings. The smallest absolute Gasteiger partial charge is 0.282 e. The van der Waals surface area contributed by atoms with Crippen LogP contribution in [-0.2, 0) is 6.61 Å². The van der Waals surface area contributed by atoms with Crippen LogP contribution in [0.1, 0.15) is 11.1 Å². The minimum Gasteiger partial charge on any atom is -0.493 e. The number of ether oxygens (including phenoxy) is 2. The van der Waals surface area contributed by atoms with Gasteiger partial charge in [0.05, 0.1) is 27.8 Å². The first-order chi connectivity index (χ1) is 19.5. The summed E-state index contributed by atoms with van der Waals surface area (Å²) < 4.78 is 19.8. The first-order valence-electron chi connectivity index (χ1n) is 12.3. The average molecular weight is 662 g/mol. The van der Waals surface area contributed by atoms with Gasteiger partial charge in [-0.25, -0.2) is 4.98 Å². The third kappa shape index (κ3) is 5.20. The Hall–Kier alpha value is -4.15. The van der Waals surface area contributed by atoms with Crippen LogP contribution in [0.4, 0.5) is 0 Å². The lowest BCUT2D eigenvalue weighted by atomic mass is 10.2. The van der Waals surface area contributed by atoms with Crippen LogP contribution in [-0.4, -0.2) is 23.0 Å². The average Bonchev–Trinajstić information content (AvgIpc) is 3.39. The molecule has 0 N–H and O–H groups in total. The van der Waals surface area contributed by atoms with Gasteiger partial charge >= 0.3 is 0 Å². The zero-order chi connectivity index (χ0) is 27.6. The van der Waals surface area contributed by atoms with Crippen LogP contribution in [0.3, 0.4) is 0 Å². The Labute approximate surface area is 247 Å². The fourth-order valence-corrected chi connectivity index (χ4v) is 5.28. The number of aromatic nitrogens is 2. The summed E-state index contributed by atoms with van der Waals surface area (Å²) in [7, 11) is 1.59. The van der Waals surface area contributed by atoms with Gasteiger partial charge in [-0.1, -0.05) is 54.1 Å². The SMILES string of the molecule is COc1cc(C=Nn2c(-c3cc4cc(Cl)ccc4o3)nc3ccccc3c2=O)cc(I)c1OCc1ccccc1. The Kier molecular flexibility index (Phi) is 7.27. The van der Waals surface area contributed by atoms with E-state index in [0.29, 0.717) is 45.4 Å². The fourth-order valence-electron chi connectivity index (χ4n) is 4.32. The maximum absolute atomic E-state index is 13.6. The van der Waals surface area contributed by atoms with E-state index in [4.69, 9.17) is 30.5 Å². The van der Waals surface area contributed by atoms with Gasteiger partial charge < -0.3 is 13.9 Å². The van der Waals surface area contributed by atoms with Crippen molar-refractivity contribution < 1.29 is 13.9 Å². The first kappa shape index (κ1) is 26.1. The molecule has 0 amide bonds. The first-order valence-corrected chi connectivity index (χ1v) is 13.8. The molecule has 0 radical (unpaired) electrons. The summed E-state index contributed by atoms with van der Waals surface area (Å²) in [6.07, 6.45) is 1.59. The lowest BCUT2D eigenvalue weighted by Gasteiger charge is -2.13. The Balaban J connectivity index is 1.41. The monoisotopic (exact) mass is 661 g/mol. The Morgan fingerprint density at radius 3 is 2.65 bits per heavy atom. The molecule has 6 aromatic rings. The topological polar surface area (TPSA) is 78.9 Å². The lowest BCUT2D eigenvalue weighted by Crippen LogP contribution is -2.20. The molecule has 0 unspecified atom stereocenters. The number of rotatable bonds is 7. The molecule has 2 heterocycles. The highest BCUT2D eigenvalue weighted by Gasteiger charge is 2.17. The summed E-state index contributed by atoms with van der Waals surface area (Å²) in [6, 6.07) is 27.9. The van der Waals surface area contributed by atoms with Crippen LogP contribution in [0.15, 0.2) is 105 Å². The molecule has 0 spiro atoms. The van der Waals surface area contributed by atoms with Crippen molar-refractivity contribution in [3.63, 3.8) is 0 Å². The number of halogens is 2. The van der Waals surface area contributed by atoms with Crippen molar-refractivity contribution in [1.29, 1.82) is 0 Å². The third-order valence-corrected chi connectivity index (χ3v) is 7.29. The second-order valence-electron chi connectivity index (χ2n) is 8.92. The van der Waals surface area contributed by atoms with E-state index < -0.39 is 0 Å². The summed E-state index contributed by atoms with van der Waals surface area (Å²) in [5, 5.41) is 6.39. The highest BCUT2D eigenvalue weighted by molar-refractivity contribution is 14.1. The van der Waals surface area contributed by atoms with Crippen molar-refractivity contribution in [3.8, 4) is 23.1 Å². The number of hydrogen-bond donors (Lipinski definition) is 0.